The minimum atomic E-state index is -0.116. The first-order chi connectivity index (χ1) is 21.1. The van der Waals surface area contributed by atoms with Crippen LogP contribution in [0.4, 0.5) is 5.69 Å². The van der Waals surface area contributed by atoms with Crippen LogP contribution in [0.2, 0.25) is 0 Å². The molecule has 2 amide bonds. The van der Waals surface area contributed by atoms with Gasteiger partial charge in [0.1, 0.15) is 5.75 Å². The smallest absolute Gasteiger partial charge is 0.251 e. The van der Waals surface area contributed by atoms with Crippen LogP contribution in [0.5, 0.6) is 5.75 Å². The second-order valence-corrected chi connectivity index (χ2v) is 12.4. The Labute approximate surface area is 263 Å². The Hall–Kier alpha value is -3.91. The number of hydrogen-bond donors (Lipinski definition) is 2. The van der Waals surface area contributed by atoms with E-state index < -0.39 is 0 Å². The van der Waals surface area contributed by atoms with Gasteiger partial charge in [0.15, 0.2) is 0 Å². The molecule has 1 fully saturated rings. The Morgan fingerprint density at radius 3 is 2.23 bits per heavy atom. The molecule has 0 spiro atoms. The number of anilines is 1. The molecule has 2 heterocycles. The molecule has 0 radical (unpaired) electrons. The zero-order valence-corrected chi connectivity index (χ0v) is 27.4. The highest BCUT2D eigenvalue weighted by Crippen LogP contribution is 2.29. The normalized spacial score (nSPS) is 14.7. The third-order valence-electron chi connectivity index (χ3n) is 8.74. The molecule has 1 aromatic heterocycles. The Kier molecular flexibility index (Phi) is 11.4. The molecule has 8 heteroatoms. The minimum absolute atomic E-state index is 0.0578. The summed E-state index contributed by atoms with van der Waals surface area (Å²) in [7, 11) is 1.70. The summed E-state index contributed by atoms with van der Waals surface area (Å²) in [5.74, 6) is 0.663. The molecule has 0 unspecified atom stereocenters. The Morgan fingerprint density at radius 2 is 1.64 bits per heavy atom. The van der Waals surface area contributed by atoms with Gasteiger partial charge >= 0.3 is 0 Å². The van der Waals surface area contributed by atoms with Crippen LogP contribution in [0.3, 0.4) is 0 Å². The van der Waals surface area contributed by atoms with Crippen LogP contribution in [0, 0.1) is 20.8 Å². The summed E-state index contributed by atoms with van der Waals surface area (Å²) in [5, 5.41) is 6.05. The first-order valence-corrected chi connectivity index (χ1v) is 15.8. The lowest BCUT2D eigenvalue weighted by Crippen LogP contribution is -2.48. The predicted molar refractivity (Wildman–Crippen MR) is 178 cm³/mol. The maximum Gasteiger partial charge on any atom is 0.251 e. The van der Waals surface area contributed by atoms with E-state index in [-0.39, 0.29) is 17.9 Å². The molecule has 0 aliphatic carbocycles. The van der Waals surface area contributed by atoms with E-state index in [9.17, 15) is 9.59 Å². The highest BCUT2D eigenvalue weighted by molar-refractivity contribution is 6.00. The Bertz CT molecular complexity index is 1390. The van der Waals surface area contributed by atoms with Crippen molar-refractivity contribution in [3.63, 3.8) is 0 Å². The van der Waals surface area contributed by atoms with Crippen molar-refractivity contribution in [3.05, 3.63) is 88.2 Å². The molecule has 4 rings (SSSR count). The maximum atomic E-state index is 13.1. The number of aromatic nitrogens is 1. The summed E-state index contributed by atoms with van der Waals surface area (Å²) >= 11 is 0. The van der Waals surface area contributed by atoms with Crippen LogP contribution in [0.15, 0.2) is 54.9 Å². The van der Waals surface area contributed by atoms with E-state index in [0.717, 1.165) is 55.8 Å². The number of aryl methyl sites for hydroxylation is 3. The van der Waals surface area contributed by atoms with Gasteiger partial charge in [-0.2, -0.15) is 0 Å². The van der Waals surface area contributed by atoms with Crippen molar-refractivity contribution in [2.45, 2.75) is 85.5 Å². The van der Waals surface area contributed by atoms with Gasteiger partial charge in [-0.3, -0.25) is 14.6 Å². The van der Waals surface area contributed by atoms with E-state index >= 15 is 0 Å². The third kappa shape index (κ3) is 8.38. The van der Waals surface area contributed by atoms with Crippen LogP contribution in [-0.4, -0.2) is 66.6 Å². The van der Waals surface area contributed by atoms with E-state index in [4.69, 9.17) is 4.74 Å². The second-order valence-electron chi connectivity index (χ2n) is 12.4. The van der Waals surface area contributed by atoms with Crippen LogP contribution in [0.25, 0.3) is 0 Å². The van der Waals surface area contributed by atoms with Crippen molar-refractivity contribution in [1.29, 1.82) is 0 Å². The van der Waals surface area contributed by atoms with Crippen LogP contribution >= 0.6 is 0 Å². The lowest BCUT2D eigenvalue weighted by molar-refractivity contribution is 0.0930. The standard InChI is InChI=1S/C36H49N5O3/c1-24(2)39-35(42)29-20-26(4)34(27(5)21-29)36(43)38-17-13-28(6)40-18-14-32(15-19-40)41(23-30-22-37-16-12-25(30)3)31-8-10-33(44-7)11-9-31/h8-12,16,20-22,24,28,32H,13-15,17-19,23H2,1-7H3,(H,38,43)(H,39,42)/t28-/m1/s1. The zero-order valence-electron chi connectivity index (χ0n) is 27.4. The number of likely N-dealkylation sites (tertiary alicyclic amines) is 1. The van der Waals surface area contributed by atoms with Gasteiger partial charge in [-0.05, 0) is 126 Å². The van der Waals surface area contributed by atoms with Gasteiger partial charge in [-0.25, -0.2) is 0 Å². The number of hydrogen-bond acceptors (Lipinski definition) is 6. The molecule has 1 atom stereocenters. The van der Waals surface area contributed by atoms with Crippen molar-refractivity contribution in [1.82, 2.24) is 20.5 Å². The molecule has 1 aliphatic heterocycles. The number of amides is 2. The topological polar surface area (TPSA) is 86.8 Å². The van der Waals surface area contributed by atoms with E-state index in [1.54, 1.807) is 19.2 Å². The lowest BCUT2D eigenvalue weighted by Gasteiger charge is -2.42. The highest BCUT2D eigenvalue weighted by Gasteiger charge is 2.28. The minimum Gasteiger partial charge on any atom is -0.497 e. The highest BCUT2D eigenvalue weighted by atomic mass is 16.5. The van der Waals surface area contributed by atoms with Gasteiger partial charge in [-0.15, -0.1) is 0 Å². The number of pyridine rings is 1. The Morgan fingerprint density at radius 1 is 0.977 bits per heavy atom. The van der Waals surface area contributed by atoms with E-state index in [1.807, 2.05) is 52.2 Å². The van der Waals surface area contributed by atoms with E-state index in [1.165, 1.54) is 16.8 Å². The maximum absolute atomic E-state index is 13.1. The fourth-order valence-corrected chi connectivity index (χ4v) is 6.15. The zero-order chi connectivity index (χ0) is 31.8. The molecule has 2 aromatic carbocycles. The summed E-state index contributed by atoms with van der Waals surface area (Å²) in [4.78, 5) is 35.0. The molecule has 3 aromatic rings. The number of nitrogens with one attached hydrogen (secondary N) is 2. The first-order valence-electron chi connectivity index (χ1n) is 15.8. The summed E-state index contributed by atoms with van der Waals surface area (Å²) in [6.07, 6.45) is 6.85. The molecular weight excluding hydrogens is 550 g/mol. The molecule has 236 valence electrons. The monoisotopic (exact) mass is 599 g/mol. The van der Waals surface area contributed by atoms with Gasteiger partial charge in [0.05, 0.1) is 7.11 Å². The molecule has 0 bridgehead atoms. The Balaban J connectivity index is 1.32. The lowest BCUT2D eigenvalue weighted by atomic mass is 9.97. The quantitative estimate of drug-likeness (QED) is 0.272. The van der Waals surface area contributed by atoms with Crippen molar-refractivity contribution >= 4 is 17.5 Å². The first kappa shape index (κ1) is 33.0. The van der Waals surface area contributed by atoms with E-state index in [2.05, 4.69) is 57.5 Å². The van der Waals surface area contributed by atoms with Gasteiger partial charge in [0, 0.05) is 73.5 Å². The van der Waals surface area contributed by atoms with Gasteiger partial charge in [0.25, 0.3) is 11.8 Å². The second kappa shape index (κ2) is 15.2. The van der Waals surface area contributed by atoms with Crippen molar-refractivity contribution in [2.75, 3.05) is 31.6 Å². The molecule has 1 aliphatic rings. The van der Waals surface area contributed by atoms with Gasteiger partial charge in [-0.1, -0.05) is 0 Å². The van der Waals surface area contributed by atoms with Crippen molar-refractivity contribution < 1.29 is 14.3 Å². The average molecular weight is 600 g/mol. The SMILES string of the molecule is COc1ccc(N(Cc2cnccc2C)C2CCN([C@H](C)CCNC(=O)c3c(C)cc(C(=O)NC(C)C)cc3C)CC2)cc1. The van der Waals surface area contributed by atoms with Crippen molar-refractivity contribution in [2.24, 2.45) is 0 Å². The number of methoxy groups -OCH3 is 1. The van der Waals surface area contributed by atoms with Crippen LogP contribution in [0.1, 0.15) is 83.0 Å². The number of rotatable bonds is 12. The van der Waals surface area contributed by atoms with Gasteiger partial charge < -0.3 is 25.2 Å². The van der Waals surface area contributed by atoms with E-state index in [0.29, 0.717) is 29.8 Å². The van der Waals surface area contributed by atoms with Gasteiger partial charge in [0.2, 0.25) is 0 Å². The summed E-state index contributed by atoms with van der Waals surface area (Å²) < 4.78 is 5.40. The number of piperidine rings is 1. The summed E-state index contributed by atoms with van der Waals surface area (Å²) in [6.45, 7) is 15.5. The molecule has 2 N–H and O–H groups in total. The number of carbonyl (C=O) groups excluding carboxylic acids is 2. The summed E-state index contributed by atoms with van der Waals surface area (Å²) in [5.41, 5.74) is 6.56. The third-order valence-corrected chi connectivity index (χ3v) is 8.74. The number of carbonyl (C=O) groups is 2. The van der Waals surface area contributed by atoms with Crippen LogP contribution < -0.4 is 20.3 Å². The fraction of sp³-hybridized carbons (Fsp3) is 0.472. The average Bonchev–Trinajstić information content (AvgIpc) is 3.00. The molecule has 8 nitrogen and oxygen atoms in total. The molecule has 0 saturated carbocycles. The molecular formula is C36H49N5O3. The largest absolute Gasteiger partial charge is 0.497 e. The predicted octanol–water partition coefficient (Wildman–Crippen LogP) is 5.83. The fourth-order valence-electron chi connectivity index (χ4n) is 6.15. The molecule has 44 heavy (non-hydrogen) atoms. The summed E-state index contributed by atoms with van der Waals surface area (Å²) in [6, 6.07) is 14.9. The number of ether oxygens (including phenoxy) is 1. The van der Waals surface area contributed by atoms with Crippen molar-refractivity contribution in [3.8, 4) is 5.75 Å². The van der Waals surface area contributed by atoms with Crippen LogP contribution in [-0.2, 0) is 6.54 Å². The number of nitrogens with zero attached hydrogens (tertiary/aromatic N) is 3. The molecule has 1 saturated heterocycles. The number of benzene rings is 2.